The van der Waals surface area contributed by atoms with Crippen LogP contribution in [0.1, 0.15) is 18.2 Å². The van der Waals surface area contributed by atoms with Gasteiger partial charge in [-0.15, -0.1) is 0 Å². The molecule has 8 nitrogen and oxygen atoms in total. The van der Waals surface area contributed by atoms with Crippen LogP contribution in [0, 0.1) is 6.92 Å². The minimum absolute atomic E-state index is 0.00691. The first-order valence-electron chi connectivity index (χ1n) is 9.15. The molecule has 1 atom stereocenters. The molecule has 1 aromatic carbocycles. The van der Waals surface area contributed by atoms with Gasteiger partial charge in [0.05, 0.1) is 30.9 Å². The molecular formula is C20H21F3N4O4. The summed E-state index contributed by atoms with van der Waals surface area (Å²) in [5.41, 5.74) is -0.351. The van der Waals surface area contributed by atoms with E-state index in [2.05, 4.69) is 15.4 Å². The van der Waals surface area contributed by atoms with Gasteiger partial charge in [-0.1, -0.05) is 0 Å². The minimum atomic E-state index is -4.64. The number of carbonyl (C=O) groups excluding carboxylic acids is 1. The fourth-order valence-corrected chi connectivity index (χ4v) is 3.06. The molecule has 0 bridgehead atoms. The van der Waals surface area contributed by atoms with E-state index in [9.17, 15) is 18.0 Å². The van der Waals surface area contributed by atoms with Gasteiger partial charge >= 0.3 is 6.18 Å². The first-order valence-corrected chi connectivity index (χ1v) is 9.15. The third-order valence-electron chi connectivity index (χ3n) is 4.54. The first kappa shape index (κ1) is 22.2. The molecule has 2 heterocycles. The summed E-state index contributed by atoms with van der Waals surface area (Å²) in [7, 11) is 4.41. The Labute approximate surface area is 175 Å². The lowest BCUT2D eigenvalue weighted by Crippen LogP contribution is -2.30. The van der Waals surface area contributed by atoms with Crippen molar-refractivity contribution in [2.24, 2.45) is 7.05 Å². The van der Waals surface area contributed by atoms with Crippen molar-refractivity contribution in [3.8, 4) is 17.4 Å². The van der Waals surface area contributed by atoms with Gasteiger partial charge < -0.3 is 19.5 Å². The van der Waals surface area contributed by atoms with Crippen LogP contribution in [0.3, 0.4) is 0 Å². The van der Waals surface area contributed by atoms with E-state index in [1.54, 1.807) is 18.2 Å². The lowest BCUT2D eigenvalue weighted by Gasteiger charge is -2.16. The molecule has 0 spiro atoms. The number of aromatic nitrogens is 3. The largest absolute Gasteiger partial charge is 0.497 e. The van der Waals surface area contributed by atoms with Gasteiger partial charge in [0.2, 0.25) is 5.88 Å². The van der Waals surface area contributed by atoms with Gasteiger partial charge in [-0.3, -0.25) is 9.48 Å². The molecule has 0 fully saturated rings. The van der Waals surface area contributed by atoms with Crippen LogP contribution in [0.15, 0.2) is 24.3 Å². The Morgan fingerprint density at radius 1 is 1.13 bits per heavy atom. The number of hydrogen-bond donors (Lipinski definition) is 1. The molecule has 0 radical (unpaired) electrons. The van der Waals surface area contributed by atoms with Crippen molar-refractivity contribution >= 4 is 22.6 Å². The number of anilines is 1. The van der Waals surface area contributed by atoms with Crippen LogP contribution in [-0.4, -0.2) is 41.0 Å². The molecule has 166 valence electrons. The topological polar surface area (TPSA) is 87.5 Å². The van der Waals surface area contributed by atoms with Gasteiger partial charge in [0.25, 0.3) is 5.91 Å². The predicted molar refractivity (Wildman–Crippen MR) is 107 cm³/mol. The molecule has 0 saturated heterocycles. The molecule has 0 aliphatic heterocycles. The Morgan fingerprint density at radius 3 is 2.29 bits per heavy atom. The van der Waals surface area contributed by atoms with Gasteiger partial charge in [0.1, 0.15) is 11.5 Å². The normalized spacial score (nSPS) is 12.5. The molecule has 31 heavy (non-hydrogen) atoms. The van der Waals surface area contributed by atoms with E-state index in [-0.39, 0.29) is 22.6 Å². The second-order valence-corrected chi connectivity index (χ2v) is 6.76. The zero-order chi connectivity index (χ0) is 22.9. The number of methoxy groups -OCH3 is 2. The summed E-state index contributed by atoms with van der Waals surface area (Å²) in [6.45, 7) is 2.87. The minimum Gasteiger partial charge on any atom is -0.497 e. The maximum Gasteiger partial charge on any atom is 0.417 e. The second kappa shape index (κ2) is 8.32. The average molecular weight is 438 g/mol. The SMILES string of the molecule is COc1cc(NC(=O)[C@H](C)Oc2cc(C(F)(F)F)c3c(C)nn(C)c3n2)cc(OC)c1. The molecule has 0 aliphatic rings. The summed E-state index contributed by atoms with van der Waals surface area (Å²) in [5.74, 6) is -0.0193. The Bertz CT molecular complexity index is 1110. The van der Waals surface area contributed by atoms with Crippen LogP contribution in [0.4, 0.5) is 18.9 Å². The lowest BCUT2D eigenvalue weighted by molar-refractivity contribution is -0.136. The zero-order valence-electron chi connectivity index (χ0n) is 17.5. The van der Waals surface area contributed by atoms with Gasteiger partial charge in [0.15, 0.2) is 11.8 Å². The summed E-state index contributed by atoms with van der Waals surface area (Å²) in [5, 5.41) is 6.51. The van der Waals surface area contributed by atoms with Crippen molar-refractivity contribution in [2.45, 2.75) is 26.1 Å². The highest BCUT2D eigenvalue weighted by molar-refractivity contribution is 5.94. The smallest absolute Gasteiger partial charge is 0.417 e. The van der Waals surface area contributed by atoms with Crippen molar-refractivity contribution < 1.29 is 32.2 Å². The number of amides is 1. The molecule has 2 aromatic heterocycles. The maximum atomic E-state index is 13.6. The first-order chi connectivity index (χ1) is 14.5. The van der Waals surface area contributed by atoms with Gasteiger partial charge in [-0.2, -0.15) is 23.3 Å². The number of benzene rings is 1. The fourth-order valence-electron chi connectivity index (χ4n) is 3.06. The molecule has 3 aromatic rings. The molecule has 0 saturated carbocycles. The van der Waals surface area contributed by atoms with Crippen LogP contribution in [0.2, 0.25) is 0 Å². The lowest BCUT2D eigenvalue weighted by atomic mass is 10.1. The Kier molecular flexibility index (Phi) is 5.96. The third kappa shape index (κ3) is 4.65. The number of nitrogens with one attached hydrogen (secondary N) is 1. The van der Waals surface area contributed by atoms with Crippen LogP contribution in [-0.2, 0) is 18.0 Å². The van der Waals surface area contributed by atoms with E-state index in [0.717, 1.165) is 6.07 Å². The number of nitrogens with zero attached hydrogens (tertiary/aromatic N) is 3. The number of carbonyl (C=O) groups is 1. The highest BCUT2D eigenvalue weighted by atomic mass is 19.4. The van der Waals surface area contributed by atoms with E-state index >= 15 is 0 Å². The van der Waals surface area contributed by atoms with Gasteiger partial charge in [-0.05, 0) is 13.8 Å². The molecule has 1 N–H and O–H groups in total. The van der Waals surface area contributed by atoms with E-state index in [1.165, 1.54) is 39.8 Å². The Balaban J connectivity index is 1.87. The molecule has 0 unspecified atom stereocenters. The molecular weight excluding hydrogens is 417 g/mol. The monoisotopic (exact) mass is 438 g/mol. The highest BCUT2D eigenvalue weighted by Crippen LogP contribution is 2.37. The van der Waals surface area contributed by atoms with Crippen molar-refractivity contribution in [2.75, 3.05) is 19.5 Å². The van der Waals surface area contributed by atoms with Crippen molar-refractivity contribution in [1.29, 1.82) is 0 Å². The van der Waals surface area contributed by atoms with Crippen molar-refractivity contribution in [3.05, 3.63) is 35.5 Å². The standard InChI is InChI=1S/C20H21F3N4O4/c1-10-17-15(20(21,22)23)9-16(25-18(17)27(3)26-10)31-11(2)19(28)24-12-6-13(29-4)8-14(7-12)30-5/h6-9,11H,1-5H3,(H,24,28)/t11-/m0/s1. The second-order valence-electron chi connectivity index (χ2n) is 6.76. The Hall–Kier alpha value is -3.50. The van der Waals surface area contributed by atoms with E-state index < -0.39 is 23.8 Å². The number of aryl methyl sites for hydroxylation is 2. The van der Waals surface area contributed by atoms with Crippen molar-refractivity contribution in [1.82, 2.24) is 14.8 Å². The summed E-state index contributed by atoms with van der Waals surface area (Å²) < 4.78 is 57.7. The predicted octanol–water partition coefficient (Wildman–Crippen LogP) is 3.72. The van der Waals surface area contributed by atoms with Crippen LogP contribution >= 0.6 is 0 Å². The van der Waals surface area contributed by atoms with Crippen LogP contribution in [0.25, 0.3) is 11.0 Å². The third-order valence-corrected chi connectivity index (χ3v) is 4.54. The van der Waals surface area contributed by atoms with Crippen molar-refractivity contribution in [3.63, 3.8) is 0 Å². The van der Waals surface area contributed by atoms with E-state index in [4.69, 9.17) is 14.2 Å². The van der Waals surface area contributed by atoms with Gasteiger partial charge in [-0.25, -0.2) is 0 Å². The Morgan fingerprint density at radius 2 is 1.74 bits per heavy atom. The highest BCUT2D eigenvalue weighted by Gasteiger charge is 2.36. The van der Waals surface area contributed by atoms with Crippen LogP contribution < -0.4 is 19.5 Å². The van der Waals surface area contributed by atoms with E-state index in [1.807, 2.05) is 0 Å². The quantitative estimate of drug-likeness (QED) is 0.631. The number of rotatable bonds is 6. The zero-order valence-corrected chi connectivity index (χ0v) is 17.5. The number of fused-ring (bicyclic) bond motifs is 1. The fraction of sp³-hybridized carbons (Fsp3) is 0.350. The van der Waals surface area contributed by atoms with Crippen LogP contribution in [0.5, 0.6) is 17.4 Å². The molecule has 3 rings (SSSR count). The van der Waals surface area contributed by atoms with Gasteiger partial charge in [0, 0.05) is 37.0 Å². The molecule has 11 heteroatoms. The molecule has 0 aliphatic carbocycles. The van der Waals surface area contributed by atoms with E-state index in [0.29, 0.717) is 17.2 Å². The maximum absolute atomic E-state index is 13.6. The summed E-state index contributed by atoms with van der Waals surface area (Å²) in [6.07, 6.45) is -5.78. The summed E-state index contributed by atoms with van der Waals surface area (Å²) >= 11 is 0. The number of ether oxygens (including phenoxy) is 3. The summed E-state index contributed by atoms with van der Waals surface area (Å²) in [6, 6.07) is 5.54. The molecule has 1 amide bonds. The average Bonchev–Trinajstić information content (AvgIpc) is 2.99. The number of pyridine rings is 1. The summed E-state index contributed by atoms with van der Waals surface area (Å²) in [4.78, 5) is 16.7. The number of halogens is 3. The number of hydrogen-bond acceptors (Lipinski definition) is 6. The number of alkyl halides is 3.